The molecule has 7 heteroatoms. The van der Waals surface area contributed by atoms with E-state index >= 15 is 0 Å². The molecule has 0 unspecified atom stereocenters. The van der Waals surface area contributed by atoms with E-state index in [0.29, 0.717) is 44.1 Å². The normalized spacial score (nSPS) is 47.2. The second-order valence-corrected chi connectivity index (χ2v) is 13.2. The molecule has 0 aliphatic heterocycles. The average Bonchev–Trinajstić information content (AvgIpc) is 3.00. The van der Waals surface area contributed by atoms with Gasteiger partial charge in [-0.2, -0.15) is 0 Å². The van der Waals surface area contributed by atoms with Gasteiger partial charge < -0.3 is 30.6 Å². The van der Waals surface area contributed by atoms with Crippen molar-refractivity contribution in [3.8, 4) is 0 Å². The van der Waals surface area contributed by atoms with Crippen LogP contribution in [0.1, 0.15) is 86.0 Å². The van der Waals surface area contributed by atoms with Gasteiger partial charge in [0.25, 0.3) is 0 Å². The van der Waals surface area contributed by atoms with Crippen LogP contribution in [0.5, 0.6) is 0 Å². The second-order valence-electron chi connectivity index (χ2n) is 13.2. The van der Waals surface area contributed by atoms with E-state index in [-0.39, 0.29) is 36.4 Å². The number of aliphatic hydroxyl groups is 6. The van der Waals surface area contributed by atoms with Crippen molar-refractivity contribution < 1.29 is 35.4 Å². The first-order chi connectivity index (χ1) is 15.5. The van der Waals surface area contributed by atoms with E-state index in [1.165, 1.54) is 0 Å². The number of ketones is 1. The summed E-state index contributed by atoms with van der Waals surface area (Å²) < 4.78 is 0. The molecule has 0 aromatic heterocycles. The van der Waals surface area contributed by atoms with E-state index in [4.69, 9.17) is 0 Å². The number of hydrogen-bond acceptors (Lipinski definition) is 7. The molecular formula is C27H44O7. The van der Waals surface area contributed by atoms with E-state index < -0.39 is 45.9 Å². The molecule has 4 aliphatic carbocycles. The Morgan fingerprint density at radius 2 is 1.71 bits per heavy atom. The molecule has 0 radical (unpaired) electrons. The third-order valence-electron chi connectivity index (χ3n) is 10.5. The zero-order valence-corrected chi connectivity index (χ0v) is 21.3. The maximum absolute atomic E-state index is 13.2. The van der Waals surface area contributed by atoms with Crippen molar-refractivity contribution in [3.63, 3.8) is 0 Å². The minimum Gasteiger partial charge on any atom is -0.390 e. The van der Waals surface area contributed by atoms with Crippen LogP contribution in [0, 0.1) is 28.6 Å². The number of fused-ring (bicyclic) bond motifs is 5. The molecule has 0 aromatic carbocycles. The summed E-state index contributed by atoms with van der Waals surface area (Å²) in [6.45, 7) is 8.96. The number of hydrogen-bond donors (Lipinski definition) is 6. The fraction of sp³-hybridized carbons (Fsp3) is 0.889. The van der Waals surface area contributed by atoms with Crippen LogP contribution in [0.3, 0.4) is 0 Å². The Morgan fingerprint density at radius 1 is 1.06 bits per heavy atom. The summed E-state index contributed by atoms with van der Waals surface area (Å²) in [6, 6.07) is 0. The zero-order chi connectivity index (χ0) is 25.5. The molecular weight excluding hydrogens is 436 g/mol. The lowest BCUT2D eigenvalue weighted by molar-refractivity contribution is -0.177. The maximum Gasteiger partial charge on any atom is 0.159 e. The van der Waals surface area contributed by atoms with Gasteiger partial charge in [0.05, 0.1) is 35.1 Å². The minimum atomic E-state index is -1.46. The summed E-state index contributed by atoms with van der Waals surface area (Å²) in [5.41, 5.74) is -4.27. The lowest BCUT2D eigenvalue weighted by atomic mass is 9.45. The molecule has 0 saturated heterocycles. The van der Waals surface area contributed by atoms with Crippen molar-refractivity contribution in [1.29, 1.82) is 0 Å². The van der Waals surface area contributed by atoms with Crippen LogP contribution < -0.4 is 0 Å². The van der Waals surface area contributed by atoms with Crippen molar-refractivity contribution in [3.05, 3.63) is 11.6 Å². The number of rotatable bonds is 5. The van der Waals surface area contributed by atoms with Crippen LogP contribution in [-0.2, 0) is 4.79 Å². The van der Waals surface area contributed by atoms with Crippen LogP contribution in [0.25, 0.3) is 0 Å². The van der Waals surface area contributed by atoms with Gasteiger partial charge in [-0.3, -0.25) is 4.79 Å². The molecule has 0 aromatic rings. The second kappa shape index (κ2) is 8.09. The number of aliphatic hydroxyl groups excluding tert-OH is 3. The monoisotopic (exact) mass is 480 g/mol. The molecule has 3 fully saturated rings. The molecule has 10 atom stereocenters. The minimum absolute atomic E-state index is 0.0840. The Bertz CT molecular complexity index is 860. The highest BCUT2D eigenvalue weighted by Crippen LogP contribution is 2.68. The van der Waals surface area contributed by atoms with Crippen LogP contribution >= 0.6 is 0 Å². The van der Waals surface area contributed by atoms with Gasteiger partial charge >= 0.3 is 0 Å². The Kier molecular flexibility index (Phi) is 6.24. The van der Waals surface area contributed by atoms with Gasteiger partial charge in [-0.15, -0.1) is 0 Å². The van der Waals surface area contributed by atoms with Gasteiger partial charge in [-0.05, 0) is 101 Å². The summed E-state index contributed by atoms with van der Waals surface area (Å²) in [7, 11) is 0. The molecule has 7 nitrogen and oxygen atoms in total. The van der Waals surface area contributed by atoms with Gasteiger partial charge in [0, 0.05) is 11.3 Å². The van der Waals surface area contributed by atoms with Gasteiger partial charge in [0.2, 0.25) is 0 Å². The fourth-order valence-corrected chi connectivity index (χ4v) is 8.32. The molecule has 3 saturated carbocycles. The van der Waals surface area contributed by atoms with Crippen molar-refractivity contribution in [2.45, 2.75) is 121 Å². The highest BCUT2D eigenvalue weighted by atomic mass is 16.3. The first kappa shape index (κ1) is 26.2. The fourth-order valence-electron chi connectivity index (χ4n) is 8.32. The Labute approximate surface area is 202 Å². The van der Waals surface area contributed by atoms with E-state index in [2.05, 4.69) is 0 Å². The Morgan fingerprint density at radius 3 is 2.32 bits per heavy atom. The Balaban J connectivity index is 1.66. The predicted molar refractivity (Wildman–Crippen MR) is 127 cm³/mol. The third-order valence-corrected chi connectivity index (χ3v) is 10.5. The predicted octanol–water partition coefficient (Wildman–Crippen LogP) is 1.85. The van der Waals surface area contributed by atoms with Gasteiger partial charge in [-0.1, -0.05) is 13.8 Å². The smallest absolute Gasteiger partial charge is 0.159 e. The summed E-state index contributed by atoms with van der Waals surface area (Å²) >= 11 is 0. The molecule has 34 heavy (non-hydrogen) atoms. The van der Waals surface area contributed by atoms with Gasteiger partial charge in [0.1, 0.15) is 0 Å². The largest absolute Gasteiger partial charge is 0.390 e. The summed E-state index contributed by atoms with van der Waals surface area (Å²) in [6.07, 6.45) is 2.11. The van der Waals surface area contributed by atoms with E-state index in [9.17, 15) is 35.4 Å². The molecule has 0 bridgehead atoms. The van der Waals surface area contributed by atoms with Crippen LogP contribution in [0.2, 0.25) is 0 Å². The number of carbonyl (C=O) groups is 1. The van der Waals surface area contributed by atoms with Gasteiger partial charge in [-0.25, -0.2) is 0 Å². The van der Waals surface area contributed by atoms with Crippen molar-refractivity contribution in [2.24, 2.45) is 28.6 Å². The van der Waals surface area contributed by atoms with E-state index in [1.807, 2.05) is 13.8 Å². The topological polar surface area (TPSA) is 138 Å². The van der Waals surface area contributed by atoms with Crippen LogP contribution in [0.15, 0.2) is 11.6 Å². The maximum atomic E-state index is 13.2. The summed E-state index contributed by atoms with van der Waals surface area (Å²) in [5.74, 6) is -0.948. The van der Waals surface area contributed by atoms with Crippen LogP contribution in [0.4, 0.5) is 0 Å². The summed E-state index contributed by atoms with van der Waals surface area (Å²) in [4.78, 5) is 13.2. The van der Waals surface area contributed by atoms with Gasteiger partial charge in [0.15, 0.2) is 5.78 Å². The molecule has 0 heterocycles. The standard InChI is InChI=1S/C27H44O7/c1-23(2,32)9-8-22(31)26(5,33)21-7-11-27(34)16-12-18(28)17-13-19(29)20(30)14-24(17,3)15(16)6-10-25(21,27)4/h12,15,17,19-22,29-34H,6-11,13-14H2,1-5H3/t15-,17-,19-,20-,21-,22+,24+,25-,26+,27+/m0/s1. The van der Waals surface area contributed by atoms with E-state index in [1.54, 1.807) is 26.8 Å². The third kappa shape index (κ3) is 3.73. The first-order valence-electron chi connectivity index (χ1n) is 12.9. The number of allylic oxidation sites excluding steroid dienone is 1. The molecule has 0 spiro atoms. The van der Waals surface area contributed by atoms with Crippen molar-refractivity contribution in [1.82, 2.24) is 0 Å². The molecule has 194 valence electrons. The SMILES string of the molecule is CC(C)(O)CC[C@@H](O)[C@](C)(O)[C@H]1CC[C@@]2(O)C3=CC(=O)[C@@H]4C[C@H](O)[C@@H](O)C[C@]4(C)[C@H]3CC[C@@]12C. The quantitative estimate of drug-likeness (QED) is 0.353. The summed E-state index contributed by atoms with van der Waals surface area (Å²) in [5, 5.41) is 65.5. The van der Waals surface area contributed by atoms with Crippen LogP contribution in [-0.4, -0.2) is 71.5 Å². The Hall–Kier alpha value is -0.830. The van der Waals surface area contributed by atoms with Crippen molar-refractivity contribution >= 4 is 5.78 Å². The zero-order valence-electron chi connectivity index (χ0n) is 21.3. The van der Waals surface area contributed by atoms with E-state index in [0.717, 1.165) is 0 Å². The lowest BCUT2D eigenvalue weighted by Gasteiger charge is -2.60. The molecule has 4 rings (SSSR count). The lowest BCUT2D eigenvalue weighted by Crippen LogP contribution is -2.62. The highest BCUT2D eigenvalue weighted by molar-refractivity contribution is 5.95. The highest BCUT2D eigenvalue weighted by Gasteiger charge is 2.69. The van der Waals surface area contributed by atoms with Crippen molar-refractivity contribution in [2.75, 3.05) is 0 Å². The molecule has 6 N–H and O–H groups in total. The average molecular weight is 481 g/mol. The number of carbonyl (C=O) groups excluding carboxylic acids is 1. The first-order valence-corrected chi connectivity index (χ1v) is 12.9. The molecule has 4 aliphatic rings. The molecule has 0 amide bonds.